The van der Waals surface area contributed by atoms with E-state index in [1.807, 2.05) is 19.1 Å². The fraction of sp³-hybridized carbons (Fsp3) is 0.667. The predicted molar refractivity (Wildman–Crippen MR) is 64.5 cm³/mol. The Kier molecular flexibility index (Phi) is 6.88. The summed E-state index contributed by atoms with van der Waals surface area (Å²) in [7, 11) is 1.72. The van der Waals surface area contributed by atoms with E-state index in [1.165, 1.54) is 0 Å². The van der Waals surface area contributed by atoms with Gasteiger partial charge in [-0.15, -0.1) is 0 Å². The minimum absolute atomic E-state index is 0.777. The molecule has 4 nitrogen and oxygen atoms in total. The lowest BCUT2D eigenvalue weighted by Gasteiger charge is -2.04. The molecule has 0 saturated heterocycles. The standard InChI is InChI=1S/C12H22N2O2/c1-11-4-5-12(16-11)10-14-7-3-6-13-8-9-15-2/h4-5,13-14H,3,6-10H2,1-2H3. The van der Waals surface area contributed by atoms with Crippen LogP contribution in [0.15, 0.2) is 16.5 Å². The average molecular weight is 226 g/mol. The van der Waals surface area contributed by atoms with E-state index < -0.39 is 0 Å². The van der Waals surface area contributed by atoms with E-state index >= 15 is 0 Å². The van der Waals surface area contributed by atoms with Crippen LogP contribution in [0.1, 0.15) is 17.9 Å². The summed E-state index contributed by atoms with van der Waals surface area (Å²) in [5.41, 5.74) is 0. The first kappa shape index (κ1) is 13.2. The molecule has 4 heteroatoms. The zero-order chi connectivity index (χ0) is 11.6. The molecule has 0 unspecified atom stereocenters. The van der Waals surface area contributed by atoms with Crippen LogP contribution in [0.25, 0.3) is 0 Å². The van der Waals surface area contributed by atoms with Gasteiger partial charge >= 0.3 is 0 Å². The largest absolute Gasteiger partial charge is 0.465 e. The summed E-state index contributed by atoms with van der Waals surface area (Å²) in [5, 5.41) is 6.64. The lowest BCUT2D eigenvalue weighted by atomic mass is 10.4. The molecule has 0 saturated carbocycles. The normalized spacial score (nSPS) is 10.9. The van der Waals surface area contributed by atoms with Crippen molar-refractivity contribution in [1.82, 2.24) is 10.6 Å². The van der Waals surface area contributed by atoms with Crippen LogP contribution in [0.4, 0.5) is 0 Å². The number of ether oxygens (including phenoxy) is 1. The molecule has 0 amide bonds. The number of aryl methyl sites for hydroxylation is 1. The number of hydrogen-bond donors (Lipinski definition) is 2. The van der Waals surface area contributed by atoms with Gasteiger partial charge in [0.2, 0.25) is 0 Å². The second-order valence-corrected chi connectivity index (χ2v) is 3.79. The van der Waals surface area contributed by atoms with Gasteiger partial charge in [-0.2, -0.15) is 0 Å². The summed E-state index contributed by atoms with van der Waals surface area (Å²) in [6.07, 6.45) is 1.11. The van der Waals surface area contributed by atoms with Gasteiger partial charge in [-0.1, -0.05) is 0 Å². The van der Waals surface area contributed by atoms with Gasteiger partial charge in [-0.05, 0) is 38.6 Å². The molecule has 0 aliphatic heterocycles. The maximum Gasteiger partial charge on any atom is 0.117 e. The van der Waals surface area contributed by atoms with Gasteiger partial charge in [-0.25, -0.2) is 0 Å². The molecule has 1 aromatic rings. The van der Waals surface area contributed by atoms with Crippen molar-refractivity contribution in [3.8, 4) is 0 Å². The van der Waals surface area contributed by atoms with E-state index in [1.54, 1.807) is 7.11 Å². The highest BCUT2D eigenvalue weighted by Gasteiger charge is 1.96. The van der Waals surface area contributed by atoms with Crippen molar-refractivity contribution in [2.45, 2.75) is 19.9 Å². The summed E-state index contributed by atoms with van der Waals surface area (Å²) in [4.78, 5) is 0. The Labute approximate surface area is 97.4 Å². The number of methoxy groups -OCH3 is 1. The number of furan rings is 1. The number of nitrogens with one attached hydrogen (secondary N) is 2. The number of rotatable bonds is 9. The third-order valence-electron chi connectivity index (χ3n) is 2.29. The fourth-order valence-corrected chi connectivity index (χ4v) is 1.43. The summed E-state index contributed by atoms with van der Waals surface area (Å²) < 4.78 is 10.4. The Morgan fingerprint density at radius 3 is 2.69 bits per heavy atom. The molecule has 0 bridgehead atoms. The molecule has 0 aliphatic carbocycles. The second kappa shape index (κ2) is 8.33. The number of hydrogen-bond acceptors (Lipinski definition) is 4. The lowest BCUT2D eigenvalue weighted by Crippen LogP contribution is -2.24. The molecule has 0 fully saturated rings. The van der Waals surface area contributed by atoms with Gasteiger partial charge in [0.25, 0.3) is 0 Å². The molecule has 0 atom stereocenters. The zero-order valence-corrected chi connectivity index (χ0v) is 10.2. The topological polar surface area (TPSA) is 46.4 Å². The summed E-state index contributed by atoms with van der Waals surface area (Å²) in [6.45, 7) is 6.50. The second-order valence-electron chi connectivity index (χ2n) is 3.79. The van der Waals surface area contributed by atoms with Gasteiger partial charge in [0.1, 0.15) is 11.5 Å². The molecule has 0 aliphatic rings. The van der Waals surface area contributed by atoms with Crippen LogP contribution in [0, 0.1) is 6.92 Å². The molecule has 1 aromatic heterocycles. The zero-order valence-electron chi connectivity index (χ0n) is 10.2. The minimum Gasteiger partial charge on any atom is -0.465 e. The van der Waals surface area contributed by atoms with Gasteiger partial charge in [-0.3, -0.25) is 0 Å². The monoisotopic (exact) mass is 226 g/mol. The Hall–Kier alpha value is -0.840. The molecule has 1 heterocycles. The Bertz CT molecular complexity index is 274. The van der Waals surface area contributed by atoms with Gasteiger partial charge in [0, 0.05) is 13.7 Å². The highest BCUT2D eigenvalue weighted by atomic mass is 16.5. The van der Waals surface area contributed by atoms with E-state index in [0.29, 0.717) is 0 Å². The molecule has 0 radical (unpaired) electrons. The molecule has 1 rings (SSSR count). The van der Waals surface area contributed by atoms with Crippen molar-refractivity contribution < 1.29 is 9.15 Å². The predicted octanol–water partition coefficient (Wildman–Crippen LogP) is 1.30. The van der Waals surface area contributed by atoms with Crippen molar-refractivity contribution in [2.24, 2.45) is 0 Å². The van der Waals surface area contributed by atoms with Crippen LogP contribution in [0.5, 0.6) is 0 Å². The van der Waals surface area contributed by atoms with Crippen molar-refractivity contribution in [2.75, 3.05) is 33.4 Å². The van der Waals surface area contributed by atoms with Gasteiger partial charge < -0.3 is 19.8 Å². The molecule has 2 N–H and O–H groups in total. The average Bonchev–Trinajstić information content (AvgIpc) is 2.68. The molecule has 0 aromatic carbocycles. The van der Waals surface area contributed by atoms with Crippen molar-refractivity contribution in [3.63, 3.8) is 0 Å². The van der Waals surface area contributed by atoms with E-state index in [0.717, 1.165) is 50.7 Å². The van der Waals surface area contributed by atoms with Crippen molar-refractivity contribution in [1.29, 1.82) is 0 Å². The first-order valence-corrected chi connectivity index (χ1v) is 5.78. The highest BCUT2D eigenvalue weighted by molar-refractivity contribution is 5.04. The summed E-state index contributed by atoms with van der Waals surface area (Å²) >= 11 is 0. The van der Waals surface area contributed by atoms with E-state index in [2.05, 4.69) is 10.6 Å². The molecule has 92 valence electrons. The molecular formula is C12H22N2O2. The third kappa shape index (κ3) is 5.90. The smallest absolute Gasteiger partial charge is 0.117 e. The molecule has 16 heavy (non-hydrogen) atoms. The lowest BCUT2D eigenvalue weighted by molar-refractivity contribution is 0.199. The maximum absolute atomic E-state index is 5.45. The van der Waals surface area contributed by atoms with Crippen molar-refractivity contribution >= 4 is 0 Å². The van der Waals surface area contributed by atoms with E-state index in [-0.39, 0.29) is 0 Å². The minimum atomic E-state index is 0.777. The van der Waals surface area contributed by atoms with Crippen LogP contribution >= 0.6 is 0 Å². The third-order valence-corrected chi connectivity index (χ3v) is 2.29. The highest BCUT2D eigenvalue weighted by Crippen LogP contribution is 2.04. The Morgan fingerprint density at radius 2 is 2.00 bits per heavy atom. The van der Waals surface area contributed by atoms with Crippen LogP contribution in [0.3, 0.4) is 0 Å². The van der Waals surface area contributed by atoms with Gasteiger partial charge in [0.15, 0.2) is 0 Å². The summed E-state index contributed by atoms with van der Waals surface area (Å²) in [5.74, 6) is 1.97. The van der Waals surface area contributed by atoms with E-state index in [4.69, 9.17) is 9.15 Å². The summed E-state index contributed by atoms with van der Waals surface area (Å²) in [6, 6.07) is 4.00. The molecule has 0 spiro atoms. The fourth-order valence-electron chi connectivity index (χ4n) is 1.43. The quantitative estimate of drug-likeness (QED) is 0.623. The SMILES string of the molecule is COCCNCCCNCc1ccc(C)o1. The van der Waals surface area contributed by atoms with Crippen LogP contribution in [-0.2, 0) is 11.3 Å². The van der Waals surface area contributed by atoms with Crippen LogP contribution < -0.4 is 10.6 Å². The Balaban J connectivity index is 1.88. The maximum atomic E-state index is 5.45. The van der Waals surface area contributed by atoms with Gasteiger partial charge in [0.05, 0.1) is 13.2 Å². The van der Waals surface area contributed by atoms with E-state index in [9.17, 15) is 0 Å². The first-order valence-electron chi connectivity index (χ1n) is 5.78. The van der Waals surface area contributed by atoms with Crippen LogP contribution in [0.2, 0.25) is 0 Å². The van der Waals surface area contributed by atoms with Crippen molar-refractivity contribution in [3.05, 3.63) is 23.7 Å². The first-order chi connectivity index (χ1) is 7.83. The molecular weight excluding hydrogens is 204 g/mol. The van der Waals surface area contributed by atoms with Crippen LogP contribution in [-0.4, -0.2) is 33.4 Å². The Morgan fingerprint density at radius 1 is 1.19 bits per heavy atom.